The summed E-state index contributed by atoms with van der Waals surface area (Å²) in [6, 6.07) is 7.74. The van der Waals surface area contributed by atoms with Crippen LogP contribution in [0.25, 0.3) is 10.9 Å². The number of nitro groups is 1. The fraction of sp³-hybridized carbons (Fsp3) is 0. The zero-order valence-corrected chi connectivity index (χ0v) is 7.58. The minimum absolute atomic E-state index is 0.217. The highest BCUT2D eigenvalue weighted by atomic mass is 16.6. The Kier molecular flexibility index (Phi) is 2.13. The van der Waals surface area contributed by atoms with Crippen molar-refractivity contribution in [3.05, 3.63) is 46.0 Å². The second kappa shape index (κ2) is 3.45. The molecule has 1 aromatic carbocycles. The van der Waals surface area contributed by atoms with Gasteiger partial charge in [-0.2, -0.15) is 0 Å². The van der Waals surface area contributed by atoms with Crippen molar-refractivity contribution in [2.45, 2.75) is 0 Å². The minimum Gasteiger partial charge on any atom is -0.358 e. The molecule has 2 rings (SSSR count). The minimum atomic E-state index is -0.562. The van der Waals surface area contributed by atoms with Gasteiger partial charge in [0.2, 0.25) is 0 Å². The van der Waals surface area contributed by atoms with Crippen LogP contribution in [-0.2, 0) is 0 Å². The number of rotatable bonds is 2. The van der Waals surface area contributed by atoms with Crippen LogP contribution in [0.4, 0.5) is 5.82 Å². The Labute approximate surface area is 84.5 Å². The van der Waals surface area contributed by atoms with Crippen LogP contribution >= 0.6 is 0 Å². The van der Waals surface area contributed by atoms with Gasteiger partial charge >= 0.3 is 5.82 Å². The van der Waals surface area contributed by atoms with Crippen molar-refractivity contribution in [3.8, 4) is 0 Å². The van der Waals surface area contributed by atoms with E-state index < -0.39 is 4.92 Å². The fourth-order valence-electron chi connectivity index (χ4n) is 1.37. The van der Waals surface area contributed by atoms with E-state index in [0.717, 1.165) is 0 Å². The van der Waals surface area contributed by atoms with Crippen LogP contribution in [0.2, 0.25) is 0 Å². The topological polar surface area (TPSA) is 73.1 Å². The molecule has 1 heterocycles. The SMILES string of the molecule is O=Cc1cccc2nc([N+](=O)[O-])ccc12. The van der Waals surface area contributed by atoms with Gasteiger partial charge in [-0.15, -0.1) is 0 Å². The summed E-state index contributed by atoms with van der Waals surface area (Å²) in [5, 5.41) is 11.1. The van der Waals surface area contributed by atoms with Gasteiger partial charge in [-0.1, -0.05) is 12.1 Å². The number of aldehydes is 1. The lowest BCUT2D eigenvalue weighted by molar-refractivity contribution is -0.389. The quantitative estimate of drug-likeness (QED) is 0.424. The van der Waals surface area contributed by atoms with Crippen molar-refractivity contribution < 1.29 is 9.72 Å². The van der Waals surface area contributed by atoms with Gasteiger partial charge in [-0.25, -0.2) is 0 Å². The molecule has 0 saturated heterocycles. The Balaban J connectivity index is 2.74. The van der Waals surface area contributed by atoms with Gasteiger partial charge in [-0.05, 0) is 22.0 Å². The average molecular weight is 202 g/mol. The van der Waals surface area contributed by atoms with Crippen molar-refractivity contribution in [3.63, 3.8) is 0 Å². The third kappa shape index (κ3) is 1.54. The van der Waals surface area contributed by atoms with Gasteiger partial charge in [0, 0.05) is 17.0 Å². The summed E-state index contributed by atoms with van der Waals surface area (Å²) >= 11 is 0. The summed E-state index contributed by atoms with van der Waals surface area (Å²) in [4.78, 5) is 24.4. The highest BCUT2D eigenvalue weighted by Gasteiger charge is 2.10. The summed E-state index contributed by atoms with van der Waals surface area (Å²) in [5.74, 6) is -0.217. The first-order valence-corrected chi connectivity index (χ1v) is 4.22. The normalized spacial score (nSPS) is 10.1. The third-order valence-corrected chi connectivity index (χ3v) is 2.06. The summed E-state index contributed by atoms with van der Waals surface area (Å²) in [6.07, 6.45) is 0.704. The molecule has 0 bridgehead atoms. The molecule has 0 N–H and O–H groups in total. The van der Waals surface area contributed by atoms with Crippen LogP contribution in [0.1, 0.15) is 10.4 Å². The molecule has 0 aliphatic carbocycles. The molecule has 2 aromatic rings. The molecule has 15 heavy (non-hydrogen) atoms. The summed E-state index contributed by atoms with van der Waals surface area (Å²) in [5.41, 5.74) is 0.934. The summed E-state index contributed by atoms with van der Waals surface area (Å²) in [7, 11) is 0. The molecule has 5 nitrogen and oxygen atoms in total. The highest BCUT2D eigenvalue weighted by molar-refractivity contribution is 5.96. The van der Waals surface area contributed by atoms with Crippen molar-refractivity contribution >= 4 is 23.0 Å². The summed E-state index contributed by atoms with van der Waals surface area (Å²) in [6.45, 7) is 0. The molecule has 5 heteroatoms. The number of nitrogens with zero attached hydrogens (tertiary/aromatic N) is 2. The second-order valence-electron chi connectivity index (χ2n) is 2.96. The molecule has 0 aliphatic heterocycles. The van der Waals surface area contributed by atoms with E-state index in [1.54, 1.807) is 18.2 Å². The predicted molar refractivity (Wildman–Crippen MR) is 53.8 cm³/mol. The van der Waals surface area contributed by atoms with E-state index in [-0.39, 0.29) is 5.82 Å². The lowest BCUT2D eigenvalue weighted by atomic mass is 10.1. The molecular weight excluding hydrogens is 196 g/mol. The zero-order valence-electron chi connectivity index (χ0n) is 7.58. The van der Waals surface area contributed by atoms with Gasteiger partial charge in [0.1, 0.15) is 0 Å². The van der Waals surface area contributed by atoms with E-state index in [4.69, 9.17) is 0 Å². The summed E-state index contributed by atoms with van der Waals surface area (Å²) < 4.78 is 0. The first-order chi connectivity index (χ1) is 7.22. The molecule has 0 fully saturated rings. The van der Waals surface area contributed by atoms with Crippen LogP contribution in [-0.4, -0.2) is 16.2 Å². The van der Waals surface area contributed by atoms with Gasteiger partial charge in [0.15, 0.2) is 11.8 Å². The van der Waals surface area contributed by atoms with Crippen LogP contribution in [0.5, 0.6) is 0 Å². The largest absolute Gasteiger partial charge is 0.364 e. The van der Waals surface area contributed by atoms with Crippen LogP contribution < -0.4 is 0 Å². The van der Waals surface area contributed by atoms with E-state index in [1.807, 2.05) is 0 Å². The van der Waals surface area contributed by atoms with E-state index in [9.17, 15) is 14.9 Å². The first-order valence-electron chi connectivity index (χ1n) is 4.22. The number of hydrogen-bond donors (Lipinski definition) is 0. The lowest BCUT2D eigenvalue weighted by Gasteiger charge is -1.96. The number of aromatic nitrogens is 1. The van der Waals surface area contributed by atoms with Crippen LogP contribution in [0.3, 0.4) is 0 Å². The van der Waals surface area contributed by atoms with E-state index in [2.05, 4.69) is 4.98 Å². The molecule has 1 aromatic heterocycles. The van der Waals surface area contributed by atoms with E-state index in [0.29, 0.717) is 22.8 Å². The van der Waals surface area contributed by atoms with E-state index in [1.165, 1.54) is 12.1 Å². The Morgan fingerprint density at radius 3 is 2.73 bits per heavy atom. The second-order valence-corrected chi connectivity index (χ2v) is 2.96. The number of pyridine rings is 1. The fourth-order valence-corrected chi connectivity index (χ4v) is 1.37. The van der Waals surface area contributed by atoms with Crippen LogP contribution in [0, 0.1) is 10.1 Å². The first kappa shape index (κ1) is 9.26. The predicted octanol–water partition coefficient (Wildman–Crippen LogP) is 1.96. The van der Waals surface area contributed by atoms with Crippen molar-refractivity contribution in [2.24, 2.45) is 0 Å². The molecular formula is C10H6N2O3. The molecule has 0 radical (unpaired) electrons. The number of fused-ring (bicyclic) bond motifs is 1. The zero-order chi connectivity index (χ0) is 10.8. The monoisotopic (exact) mass is 202 g/mol. The van der Waals surface area contributed by atoms with Gasteiger partial charge in [0.05, 0.1) is 0 Å². The Morgan fingerprint density at radius 1 is 1.27 bits per heavy atom. The Bertz CT molecular complexity index is 551. The molecule has 0 amide bonds. The molecule has 0 aliphatic rings. The Hall–Kier alpha value is -2.30. The van der Waals surface area contributed by atoms with Gasteiger partial charge in [-0.3, -0.25) is 4.79 Å². The van der Waals surface area contributed by atoms with Crippen LogP contribution in [0.15, 0.2) is 30.3 Å². The van der Waals surface area contributed by atoms with Crippen molar-refractivity contribution in [1.82, 2.24) is 4.98 Å². The van der Waals surface area contributed by atoms with Gasteiger partial charge < -0.3 is 10.1 Å². The number of hydrogen-bond acceptors (Lipinski definition) is 4. The molecule has 74 valence electrons. The molecule has 0 unspecified atom stereocenters. The smallest absolute Gasteiger partial charge is 0.358 e. The maximum Gasteiger partial charge on any atom is 0.364 e. The lowest BCUT2D eigenvalue weighted by Crippen LogP contribution is -1.93. The average Bonchev–Trinajstić information content (AvgIpc) is 2.27. The third-order valence-electron chi connectivity index (χ3n) is 2.06. The van der Waals surface area contributed by atoms with E-state index >= 15 is 0 Å². The molecule has 0 atom stereocenters. The number of carbonyl (C=O) groups excluding carboxylic acids is 1. The molecule has 0 spiro atoms. The van der Waals surface area contributed by atoms with Gasteiger partial charge in [0.25, 0.3) is 0 Å². The standard InChI is InChI=1S/C10H6N2O3/c13-6-7-2-1-3-9-8(7)4-5-10(11-9)12(14)15/h1-6H. The highest BCUT2D eigenvalue weighted by Crippen LogP contribution is 2.18. The maximum atomic E-state index is 10.7. The van der Waals surface area contributed by atoms with Crippen molar-refractivity contribution in [1.29, 1.82) is 0 Å². The number of carbonyl (C=O) groups is 1. The van der Waals surface area contributed by atoms with Crippen molar-refractivity contribution in [2.75, 3.05) is 0 Å². The Morgan fingerprint density at radius 2 is 2.07 bits per heavy atom. The molecule has 0 saturated carbocycles. The maximum absolute atomic E-state index is 10.7. The number of benzene rings is 1.